The van der Waals surface area contributed by atoms with E-state index < -0.39 is 0 Å². The molecule has 0 aliphatic heterocycles. The average Bonchev–Trinajstić information content (AvgIpc) is 3.28. The number of nitrogens with zero attached hydrogens (tertiary/aromatic N) is 1. The van der Waals surface area contributed by atoms with E-state index in [0.29, 0.717) is 35.4 Å². The van der Waals surface area contributed by atoms with E-state index in [1.165, 1.54) is 23.8 Å². The van der Waals surface area contributed by atoms with Crippen LogP contribution in [0.1, 0.15) is 27.4 Å². The highest BCUT2D eigenvalue weighted by Gasteiger charge is 2.18. The fourth-order valence-electron chi connectivity index (χ4n) is 3.04. The van der Waals surface area contributed by atoms with Crippen molar-refractivity contribution in [3.63, 3.8) is 0 Å². The molecule has 2 aromatic carbocycles. The largest absolute Gasteiger partial charge is 0.451 e. The Balaban J connectivity index is 1.40. The van der Waals surface area contributed by atoms with Crippen LogP contribution in [0.3, 0.4) is 0 Å². The SMILES string of the molecule is Cc1ccc(-c2nc(CCNC(=O)c3oc4ccc(F)cc4c3C)co2)cc1. The number of hydrogen-bond acceptors (Lipinski definition) is 4. The van der Waals surface area contributed by atoms with E-state index in [0.717, 1.165) is 11.3 Å². The van der Waals surface area contributed by atoms with Gasteiger partial charge in [-0.05, 0) is 44.2 Å². The third-order valence-corrected chi connectivity index (χ3v) is 4.62. The second kappa shape index (κ2) is 7.31. The number of fused-ring (bicyclic) bond motifs is 1. The van der Waals surface area contributed by atoms with Gasteiger partial charge in [0.05, 0.1) is 5.69 Å². The molecule has 0 aliphatic carbocycles. The summed E-state index contributed by atoms with van der Waals surface area (Å²) in [7, 11) is 0. The van der Waals surface area contributed by atoms with Gasteiger partial charge in [-0.25, -0.2) is 9.37 Å². The molecule has 1 N–H and O–H groups in total. The van der Waals surface area contributed by atoms with Crippen LogP contribution < -0.4 is 5.32 Å². The van der Waals surface area contributed by atoms with Crippen molar-refractivity contribution in [2.45, 2.75) is 20.3 Å². The number of oxazole rings is 1. The summed E-state index contributed by atoms with van der Waals surface area (Å²) >= 11 is 0. The molecule has 2 heterocycles. The van der Waals surface area contributed by atoms with Crippen LogP contribution in [0.5, 0.6) is 0 Å². The van der Waals surface area contributed by atoms with Crippen LogP contribution >= 0.6 is 0 Å². The first-order valence-corrected chi connectivity index (χ1v) is 8.99. The molecule has 4 aromatic rings. The van der Waals surface area contributed by atoms with Crippen LogP contribution in [0.2, 0.25) is 0 Å². The zero-order valence-electron chi connectivity index (χ0n) is 15.6. The summed E-state index contributed by atoms with van der Waals surface area (Å²) in [4.78, 5) is 16.9. The number of furan rings is 1. The zero-order chi connectivity index (χ0) is 19.7. The topological polar surface area (TPSA) is 68.3 Å². The van der Waals surface area contributed by atoms with Gasteiger partial charge in [0.1, 0.15) is 17.7 Å². The van der Waals surface area contributed by atoms with Crippen molar-refractivity contribution in [1.29, 1.82) is 0 Å². The lowest BCUT2D eigenvalue weighted by atomic mass is 10.1. The normalized spacial score (nSPS) is 11.1. The van der Waals surface area contributed by atoms with Crippen LogP contribution in [-0.4, -0.2) is 17.4 Å². The van der Waals surface area contributed by atoms with Gasteiger partial charge in [0.25, 0.3) is 5.91 Å². The van der Waals surface area contributed by atoms with E-state index in [9.17, 15) is 9.18 Å². The summed E-state index contributed by atoms with van der Waals surface area (Å²) in [6.07, 6.45) is 2.12. The van der Waals surface area contributed by atoms with E-state index in [2.05, 4.69) is 10.3 Å². The fraction of sp³-hybridized carbons (Fsp3) is 0.182. The lowest BCUT2D eigenvalue weighted by Gasteiger charge is -2.02. The number of carbonyl (C=O) groups excluding carboxylic acids is 1. The maximum atomic E-state index is 13.4. The molecular weight excluding hydrogens is 359 g/mol. The molecule has 0 spiro atoms. The molecule has 5 nitrogen and oxygen atoms in total. The highest BCUT2D eigenvalue weighted by molar-refractivity contribution is 5.98. The molecule has 0 saturated heterocycles. The van der Waals surface area contributed by atoms with Crippen LogP contribution in [0.25, 0.3) is 22.4 Å². The highest BCUT2D eigenvalue weighted by atomic mass is 19.1. The molecule has 0 unspecified atom stereocenters. The number of benzene rings is 2. The first kappa shape index (κ1) is 18.0. The Morgan fingerprint density at radius 1 is 1.14 bits per heavy atom. The quantitative estimate of drug-likeness (QED) is 0.541. The molecule has 0 aliphatic rings. The Morgan fingerprint density at radius 2 is 1.93 bits per heavy atom. The number of aromatic nitrogens is 1. The molecule has 6 heteroatoms. The minimum Gasteiger partial charge on any atom is -0.451 e. The van der Waals surface area contributed by atoms with Gasteiger partial charge in [-0.15, -0.1) is 0 Å². The molecule has 0 radical (unpaired) electrons. The second-order valence-electron chi connectivity index (χ2n) is 6.71. The van der Waals surface area contributed by atoms with E-state index in [1.54, 1.807) is 13.2 Å². The number of halogens is 1. The van der Waals surface area contributed by atoms with Gasteiger partial charge in [-0.3, -0.25) is 4.79 Å². The van der Waals surface area contributed by atoms with Crippen molar-refractivity contribution >= 4 is 16.9 Å². The molecule has 0 fully saturated rings. The van der Waals surface area contributed by atoms with E-state index in [-0.39, 0.29) is 17.5 Å². The Bertz CT molecular complexity index is 1140. The monoisotopic (exact) mass is 378 g/mol. The zero-order valence-corrected chi connectivity index (χ0v) is 15.6. The van der Waals surface area contributed by atoms with E-state index >= 15 is 0 Å². The summed E-state index contributed by atoms with van der Waals surface area (Å²) in [5.74, 6) is 0.0488. The van der Waals surface area contributed by atoms with Crippen LogP contribution in [0, 0.1) is 19.7 Å². The maximum Gasteiger partial charge on any atom is 0.287 e. The van der Waals surface area contributed by atoms with Gasteiger partial charge in [-0.1, -0.05) is 17.7 Å². The summed E-state index contributed by atoms with van der Waals surface area (Å²) in [5, 5.41) is 3.41. The Kier molecular flexibility index (Phi) is 4.69. The number of carbonyl (C=O) groups is 1. The summed E-state index contributed by atoms with van der Waals surface area (Å²) in [6, 6.07) is 12.1. The molecular formula is C22H19FN2O3. The number of rotatable bonds is 5. The summed E-state index contributed by atoms with van der Waals surface area (Å²) < 4.78 is 24.5. The van der Waals surface area contributed by atoms with Crippen LogP contribution in [0.4, 0.5) is 4.39 Å². The van der Waals surface area contributed by atoms with Gasteiger partial charge in [0.2, 0.25) is 5.89 Å². The van der Waals surface area contributed by atoms with Crippen molar-refractivity contribution < 1.29 is 18.0 Å². The van der Waals surface area contributed by atoms with Crippen molar-refractivity contribution in [2.24, 2.45) is 0 Å². The predicted molar refractivity (Wildman–Crippen MR) is 104 cm³/mol. The summed E-state index contributed by atoms with van der Waals surface area (Å²) in [6.45, 7) is 4.14. The van der Waals surface area contributed by atoms with Crippen LogP contribution in [0.15, 0.2) is 57.6 Å². The van der Waals surface area contributed by atoms with Gasteiger partial charge < -0.3 is 14.2 Å². The van der Waals surface area contributed by atoms with Gasteiger partial charge >= 0.3 is 0 Å². The third kappa shape index (κ3) is 3.53. The molecule has 2 aromatic heterocycles. The van der Waals surface area contributed by atoms with Crippen molar-refractivity contribution in [3.05, 3.63) is 77.1 Å². The first-order chi connectivity index (χ1) is 13.5. The Morgan fingerprint density at radius 3 is 2.71 bits per heavy atom. The van der Waals surface area contributed by atoms with Crippen molar-refractivity contribution in [1.82, 2.24) is 10.3 Å². The number of aryl methyl sites for hydroxylation is 2. The van der Waals surface area contributed by atoms with E-state index in [1.807, 2.05) is 31.2 Å². The predicted octanol–water partition coefficient (Wildman–Crippen LogP) is 4.82. The number of hydrogen-bond donors (Lipinski definition) is 1. The molecule has 0 bridgehead atoms. The van der Waals surface area contributed by atoms with E-state index in [4.69, 9.17) is 8.83 Å². The lowest BCUT2D eigenvalue weighted by Crippen LogP contribution is -2.25. The first-order valence-electron chi connectivity index (χ1n) is 8.99. The molecule has 0 atom stereocenters. The number of nitrogens with one attached hydrogen (secondary N) is 1. The maximum absolute atomic E-state index is 13.4. The molecule has 4 rings (SSSR count). The Labute approximate surface area is 161 Å². The minimum atomic E-state index is -0.362. The highest BCUT2D eigenvalue weighted by Crippen LogP contribution is 2.26. The molecule has 28 heavy (non-hydrogen) atoms. The van der Waals surface area contributed by atoms with Gasteiger partial charge in [-0.2, -0.15) is 0 Å². The molecule has 1 amide bonds. The smallest absolute Gasteiger partial charge is 0.287 e. The second-order valence-corrected chi connectivity index (χ2v) is 6.71. The number of amides is 1. The fourth-order valence-corrected chi connectivity index (χ4v) is 3.04. The van der Waals surface area contributed by atoms with Crippen molar-refractivity contribution in [2.75, 3.05) is 6.54 Å². The third-order valence-electron chi connectivity index (χ3n) is 4.62. The van der Waals surface area contributed by atoms with Crippen LogP contribution in [-0.2, 0) is 6.42 Å². The summed E-state index contributed by atoms with van der Waals surface area (Å²) in [5.41, 5.74) is 3.94. The Hall–Kier alpha value is -3.41. The van der Waals surface area contributed by atoms with Crippen molar-refractivity contribution in [3.8, 4) is 11.5 Å². The molecule has 142 valence electrons. The molecule has 0 saturated carbocycles. The minimum absolute atomic E-state index is 0.195. The average molecular weight is 378 g/mol. The van der Waals surface area contributed by atoms with Gasteiger partial charge in [0, 0.05) is 29.5 Å². The standard InChI is InChI=1S/C22H19FN2O3/c1-13-3-5-15(6-4-13)22-25-17(12-27-22)9-10-24-21(26)20-14(2)18-11-16(23)7-8-19(18)28-20/h3-8,11-12H,9-10H2,1-2H3,(H,24,26). The van der Waals surface area contributed by atoms with Gasteiger partial charge in [0.15, 0.2) is 5.76 Å². The lowest BCUT2D eigenvalue weighted by molar-refractivity contribution is 0.0927.